The van der Waals surface area contributed by atoms with Crippen molar-refractivity contribution in [3.63, 3.8) is 0 Å². The highest BCUT2D eigenvalue weighted by Crippen LogP contribution is 2.38. The molecule has 0 radical (unpaired) electrons. The van der Waals surface area contributed by atoms with E-state index in [9.17, 15) is 14.9 Å². The van der Waals surface area contributed by atoms with Gasteiger partial charge < -0.3 is 15.8 Å². The number of carbonyl (C=O) groups is 2. The molecule has 3 rings (SSSR count). The number of primary amides is 1. The van der Waals surface area contributed by atoms with E-state index < -0.39 is 6.09 Å². The lowest BCUT2D eigenvalue weighted by molar-refractivity contribution is -0.111. The number of anilines is 1. The molecule has 0 aromatic carbocycles. The van der Waals surface area contributed by atoms with Crippen LogP contribution in [0.25, 0.3) is 6.08 Å². The minimum absolute atomic E-state index is 0.292. The normalized spacial score (nSPS) is 15.9. The monoisotopic (exact) mass is 368 g/mol. The van der Waals surface area contributed by atoms with Crippen molar-refractivity contribution in [2.45, 2.75) is 25.4 Å². The molecule has 0 bridgehead atoms. The van der Waals surface area contributed by atoms with Crippen molar-refractivity contribution in [3.8, 4) is 6.07 Å². The molecule has 2 aromatic heterocycles. The first-order valence-electron chi connectivity index (χ1n) is 7.96. The highest BCUT2D eigenvalue weighted by Gasteiger charge is 2.27. The van der Waals surface area contributed by atoms with Gasteiger partial charge in [0.25, 0.3) is 0 Å². The van der Waals surface area contributed by atoms with Gasteiger partial charge in [0, 0.05) is 29.8 Å². The number of rotatable bonds is 4. The fourth-order valence-corrected chi connectivity index (χ4v) is 4.09. The van der Waals surface area contributed by atoms with Gasteiger partial charge in [-0.15, -0.1) is 11.3 Å². The molecule has 1 aliphatic carbocycles. The second-order valence-electron chi connectivity index (χ2n) is 5.73. The van der Waals surface area contributed by atoms with Gasteiger partial charge in [0.15, 0.2) is 0 Å². The van der Waals surface area contributed by atoms with Crippen molar-refractivity contribution in [1.82, 2.24) is 4.98 Å². The van der Waals surface area contributed by atoms with E-state index in [4.69, 9.17) is 10.5 Å². The molecule has 3 N–H and O–H groups in total. The van der Waals surface area contributed by atoms with E-state index in [1.54, 1.807) is 24.5 Å². The molecule has 1 aliphatic rings. The summed E-state index contributed by atoms with van der Waals surface area (Å²) in [5.74, 6) is -0.325. The molecule has 8 heteroatoms. The summed E-state index contributed by atoms with van der Waals surface area (Å²) >= 11 is 1.33. The Morgan fingerprint density at radius 2 is 2.35 bits per heavy atom. The maximum atomic E-state index is 12.2. The van der Waals surface area contributed by atoms with Gasteiger partial charge >= 0.3 is 6.09 Å². The highest BCUT2D eigenvalue weighted by atomic mass is 32.1. The molecule has 0 spiro atoms. The number of amides is 2. The van der Waals surface area contributed by atoms with Crippen LogP contribution >= 0.6 is 11.3 Å². The Balaban J connectivity index is 1.74. The van der Waals surface area contributed by atoms with E-state index in [1.807, 2.05) is 6.07 Å². The number of nitrogens with one attached hydrogen (secondary N) is 1. The molecule has 2 aromatic rings. The van der Waals surface area contributed by atoms with E-state index in [1.165, 1.54) is 17.4 Å². The molecule has 0 fully saturated rings. The number of nitrogens with two attached hydrogens (primary N) is 1. The number of hydrogen-bond acceptors (Lipinski definition) is 6. The van der Waals surface area contributed by atoms with Crippen molar-refractivity contribution >= 4 is 34.4 Å². The number of ether oxygens (including phenoxy) is 1. The zero-order chi connectivity index (χ0) is 18.5. The van der Waals surface area contributed by atoms with Gasteiger partial charge in [0.1, 0.15) is 17.2 Å². The molecule has 2 heterocycles. The Morgan fingerprint density at radius 1 is 1.50 bits per heavy atom. The molecule has 1 unspecified atom stereocenters. The van der Waals surface area contributed by atoms with Crippen molar-refractivity contribution in [2.75, 3.05) is 5.32 Å². The maximum Gasteiger partial charge on any atom is 0.404 e. The van der Waals surface area contributed by atoms with Crippen LogP contribution in [0.3, 0.4) is 0 Å². The lowest BCUT2D eigenvalue weighted by Crippen LogP contribution is -2.27. The quantitative estimate of drug-likeness (QED) is 0.804. The third kappa shape index (κ3) is 4.07. The average Bonchev–Trinajstić information content (AvgIpc) is 2.96. The predicted octanol–water partition coefficient (Wildman–Crippen LogP) is 2.62. The van der Waals surface area contributed by atoms with Gasteiger partial charge in [-0.3, -0.25) is 9.78 Å². The predicted molar refractivity (Wildman–Crippen MR) is 97.4 cm³/mol. The average molecular weight is 368 g/mol. The van der Waals surface area contributed by atoms with Crippen LogP contribution in [-0.4, -0.2) is 23.1 Å². The summed E-state index contributed by atoms with van der Waals surface area (Å²) in [4.78, 5) is 28.0. The van der Waals surface area contributed by atoms with Crippen LogP contribution in [0.15, 0.2) is 30.6 Å². The highest BCUT2D eigenvalue weighted by molar-refractivity contribution is 7.16. The Morgan fingerprint density at radius 3 is 3.04 bits per heavy atom. The van der Waals surface area contributed by atoms with Crippen LogP contribution in [0.2, 0.25) is 0 Å². The molecule has 7 nitrogen and oxygen atoms in total. The van der Waals surface area contributed by atoms with Gasteiger partial charge in [-0.2, -0.15) is 5.26 Å². The first-order chi connectivity index (χ1) is 12.6. The second kappa shape index (κ2) is 7.80. The van der Waals surface area contributed by atoms with Gasteiger partial charge in [-0.05, 0) is 36.1 Å². The van der Waals surface area contributed by atoms with E-state index in [2.05, 4.69) is 16.4 Å². The third-order valence-corrected chi connectivity index (χ3v) is 5.13. The molecule has 1 atom stereocenters. The number of nitrogens with zero attached hydrogens (tertiary/aromatic N) is 2. The summed E-state index contributed by atoms with van der Waals surface area (Å²) in [5, 5.41) is 12.7. The van der Waals surface area contributed by atoms with E-state index in [0.29, 0.717) is 29.8 Å². The summed E-state index contributed by atoms with van der Waals surface area (Å²) in [6.07, 6.45) is 6.97. The number of fused-ring (bicyclic) bond motifs is 1. The first-order valence-corrected chi connectivity index (χ1v) is 8.78. The van der Waals surface area contributed by atoms with Crippen LogP contribution in [0.4, 0.5) is 9.80 Å². The molecule has 26 heavy (non-hydrogen) atoms. The minimum atomic E-state index is -0.801. The van der Waals surface area contributed by atoms with Gasteiger partial charge in [0.05, 0.1) is 5.56 Å². The molecule has 0 saturated heterocycles. The fraction of sp³-hybridized carbons (Fsp3) is 0.222. The summed E-state index contributed by atoms with van der Waals surface area (Å²) in [5.41, 5.74) is 7.27. The summed E-state index contributed by atoms with van der Waals surface area (Å²) in [7, 11) is 0. The fourth-order valence-electron chi connectivity index (χ4n) is 2.83. The Kier molecular flexibility index (Phi) is 5.29. The van der Waals surface area contributed by atoms with Gasteiger partial charge in [-0.25, -0.2) is 4.79 Å². The first kappa shape index (κ1) is 17.6. The summed E-state index contributed by atoms with van der Waals surface area (Å²) < 4.78 is 5.06. The van der Waals surface area contributed by atoms with Crippen LogP contribution in [0.5, 0.6) is 0 Å². The number of hydrogen-bond donors (Lipinski definition) is 2. The third-order valence-electron chi connectivity index (χ3n) is 3.96. The Labute approximate surface area is 154 Å². The lowest BCUT2D eigenvalue weighted by Gasteiger charge is -2.21. The molecule has 132 valence electrons. The maximum absolute atomic E-state index is 12.2. The van der Waals surface area contributed by atoms with Crippen molar-refractivity contribution in [2.24, 2.45) is 5.73 Å². The molecule has 0 aliphatic heterocycles. The smallest absolute Gasteiger partial charge is 0.404 e. The van der Waals surface area contributed by atoms with Crippen molar-refractivity contribution < 1.29 is 14.3 Å². The van der Waals surface area contributed by atoms with E-state index in [0.717, 1.165) is 16.0 Å². The molecule has 0 saturated carbocycles. The van der Waals surface area contributed by atoms with Gasteiger partial charge in [-0.1, -0.05) is 6.07 Å². The second-order valence-corrected chi connectivity index (χ2v) is 6.84. The summed E-state index contributed by atoms with van der Waals surface area (Å²) in [6, 6.07) is 5.78. The van der Waals surface area contributed by atoms with Crippen molar-refractivity contribution in [1.29, 1.82) is 5.26 Å². The molecule has 2 amide bonds. The topological polar surface area (TPSA) is 118 Å². The van der Waals surface area contributed by atoms with E-state index in [-0.39, 0.29) is 12.0 Å². The summed E-state index contributed by atoms with van der Waals surface area (Å²) in [6.45, 7) is 0. The zero-order valence-electron chi connectivity index (χ0n) is 13.8. The number of carbonyl (C=O) groups excluding carboxylic acids is 2. The zero-order valence-corrected chi connectivity index (χ0v) is 14.6. The number of pyridine rings is 1. The van der Waals surface area contributed by atoms with Crippen LogP contribution in [-0.2, 0) is 22.4 Å². The minimum Gasteiger partial charge on any atom is -0.446 e. The molecular formula is C18H16N4O3S. The standard InChI is InChI=1S/C18H16N4O3S/c19-9-14-13-5-4-12(25-18(20)24)8-15(13)26-17(14)22-16(23)6-3-11-2-1-7-21-10-11/h1-3,6-7,10,12H,4-5,8H2,(H2,20,24)(H,22,23). The van der Waals surface area contributed by atoms with Crippen molar-refractivity contribution in [3.05, 3.63) is 52.2 Å². The Bertz CT molecular complexity index is 899. The largest absolute Gasteiger partial charge is 0.446 e. The lowest BCUT2D eigenvalue weighted by atomic mass is 9.94. The SMILES string of the molecule is N#Cc1c(NC(=O)C=Cc2cccnc2)sc2c1CCC(OC(N)=O)C2. The Hall–Kier alpha value is -3.18. The van der Waals surface area contributed by atoms with Crippen LogP contribution in [0, 0.1) is 11.3 Å². The number of aromatic nitrogens is 1. The van der Waals surface area contributed by atoms with Crippen LogP contribution in [0.1, 0.15) is 28.0 Å². The molecular weight excluding hydrogens is 352 g/mol. The van der Waals surface area contributed by atoms with Crippen LogP contribution < -0.4 is 11.1 Å². The number of nitriles is 1. The van der Waals surface area contributed by atoms with E-state index >= 15 is 0 Å². The number of thiophene rings is 1. The van der Waals surface area contributed by atoms with Gasteiger partial charge in [0.2, 0.25) is 5.91 Å².